The normalized spacial score (nSPS) is 16.0. The molecule has 3 rings (SSSR count). The van der Waals surface area contributed by atoms with E-state index in [1.165, 1.54) is 12.1 Å². The molecule has 2 aromatic rings. The van der Waals surface area contributed by atoms with Gasteiger partial charge in [0.15, 0.2) is 0 Å². The number of nitrogens with zero attached hydrogens (tertiary/aromatic N) is 1. The predicted octanol–water partition coefficient (Wildman–Crippen LogP) is 3.35. The molecular formula is C18H22FN3OS. The maximum absolute atomic E-state index is 12.9. The van der Waals surface area contributed by atoms with E-state index in [2.05, 4.69) is 15.5 Å². The fourth-order valence-electron chi connectivity index (χ4n) is 2.90. The molecule has 2 heterocycles. The van der Waals surface area contributed by atoms with Gasteiger partial charge in [0, 0.05) is 30.6 Å². The van der Waals surface area contributed by atoms with E-state index in [0.29, 0.717) is 6.54 Å². The Kier molecular flexibility index (Phi) is 5.82. The summed E-state index contributed by atoms with van der Waals surface area (Å²) in [6, 6.07) is 10.8. The quantitative estimate of drug-likeness (QED) is 0.871. The molecule has 0 aliphatic carbocycles. The smallest absolute Gasteiger partial charge is 0.315 e. The van der Waals surface area contributed by atoms with E-state index >= 15 is 0 Å². The van der Waals surface area contributed by atoms with Crippen LogP contribution in [0.4, 0.5) is 9.18 Å². The molecule has 0 spiro atoms. The molecule has 0 unspecified atom stereocenters. The highest BCUT2D eigenvalue weighted by atomic mass is 32.1. The fourth-order valence-corrected chi connectivity index (χ4v) is 3.54. The molecule has 0 radical (unpaired) electrons. The third-order valence-corrected chi connectivity index (χ3v) is 5.12. The number of amides is 2. The third-order valence-electron chi connectivity index (χ3n) is 4.25. The molecule has 1 fully saturated rings. The van der Waals surface area contributed by atoms with Gasteiger partial charge in [-0.15, -0.1) is 11.3 Å². The summed E-state index contributed by atoms with van der Waals surface area (Å²) < 4.78 is 12.9. The highest BCUT2D eigenvalue weighted by molar-refractivity contribution is 7.09. The van der Waals surface area contributed by atoms with Crippen molar-refractivity contribution in [1.29, 1.82) is 0 Å². The monoisotopic (exact) mass is 347 g/mol. The summed E-state index contributed by atoms with van der Waals surface area (Å²) in [7, 11) is 0. The molecule has 1 aromatic carbocycles. The van der Waals surface area contributed by atoms with Gasteiger partial charge in [0.1, 0.15) is 5.82 Å². The first-order valence-electron chi connectivity index (χ1n) is 8.22. The lowest BCUT2D eigenvalue weighted by Gasteiger charge is -2.32. The fraction of sp³-hybridized carbons (Fsp3) is 0.389. The first-order chi connectivity index (χ1) is 11.7. The van der Waals surface area contributed by atoms with Gasteiger partial charge >= 0.3 is 6.03 Å². The lowest BCUT2D eigenvalue weighted by atomic mass is 10.0. The van der Waals surface area contributed by atoms with Gasteiger partial charge in [-0.25, -0.2) is 9.18 Å². The standard InChI is InChI=1S/C18H22FN3OS/c19-15-5-3-14(4-6-15)13-22-9-7-16(8-10-22)21-18(23)20-12-17-2-1-11-24-17/h1-6,11,16H,7-10,12-13H2,(H2,20,21,23). The number of rotatable bonds is 5. The van der Waals surface area contributed by atoms with Gasteiger partial charge in [-0.2, -0.15) is 0 Å². The van der Waals surface area contributed by atoms with Crippen LogP contribution in [0.3, 0.4) is 0 Å². The van der Waals surface area contributed by atoms with Crippen molar-refractivity contribution < 1.29 is 9.18 Å². The number of hydrogen-bond donors (Lipinski definition) is 2. The van der Waals surface area contributed by atoms with Crippen molar-refractivity contribution in [3.63, 3.8) is 0 Å². The van der Waals surface area contributed by atoms with Gasteiger partial charge in [-0.1, -0.05) is 18.2 Å². The number of halogens is 1. The van der Waals surface area contributed by atoms with Gasteiger partial charge < -0.3 is 10.6 Å². The van der Waals surface area contributed by atoms with E-state index in [0.717, 1.165) is 42.9 Å². The lowest BCUT2D eigenvalue weighted by Crippen LogP contribution is -2.47. The minimum atomic E-state index is -0.199. The Morgan fingerprint density at radius 3 is 2.62 bits per heavy atom. The Morgan fingerprint density at radius 1 is 1.21 bits per heavy atom. The second kappa shape index (κ2) is 8.26. The van der Waals surface area contributed by atoms with Crippen molar-refractivity contribution in [2.75, 3.05) is 13.1 Å². The van der Waals surface area contributed by atoms with E-state index in [1.54, 1.807) is 11.3 Å². The molecule has 1 aliphatic rings. The number of carbonyl (C=O) groups is 1. The van der Waals surface area contributed by atoms with E-state index < -0.39 is 0 Å². The number of urea groups is 1. The highest BCUT2D eigenvalue weighted by Crippen LogP contribution is 2.14. The third kappa shape index (κ3) is 5.04. The van der Waals surface area contributed by atoms with Gasteiger partial charge in [-0.3, -0.25) is 4.90 Å². The molecule has 2 amide bonds. The van der Waals surface area contributed by atoms with Crippen LogP contribution < -0.4 is 10.6 Å². The Morgan fingerprint density at radius 2 is 1.96 bits per heavy atom. The maximum Gasteiger partial charge on any atom is 0.315 e. The van der Waals surface area contributed by atoms with Crippen LogP contribution in [-0.4, -0.2) is 30.1 Å². The van der Waals surface area contributed by atoms with Crippen LogP contribution in [0.1, 0.15) is 23.3 Å². The summed E-state index contributed by atoms with van der Waals surface area (Å²) in [5.74, 6) is -0.199. The van der Waals surface area contributed by atoms with Gasteiger partial charge in [0.25, 0.3) is 0 Å². The van der Waals surface area contributed by atoms with Crippen molar-refractivity contribution in [3.05, 3.63) is 58.0 Å². The Labute approximate surface area is 145 Å². The Bertz CT molecular complexity index is 637. The maximum atomic E-state index is 12.9. The summed E-state index contributed by atoms with van der Waals surface area (Å²) in [6.45, 7) is 3.28. The summed E-state index contributed by atoms with van der Waals surface area (Å²) in [5, 5.41) is 7.96. The van der Waals surface area contributed by atoms with Gasteiger partial charge in [-0.05, 0) is 42.0 Å². The first kappa shape index (κ1) is 16.9. The number of piperidine rings is 1. The number of thiophene rings is 1. The molecule has 2 N–H and O–H groups in total. The van der Waals surface area contributed by atoms with Gasteiger partial charge in [0.05, 0.1) is 6.54 Å². The second-order valence-electron chi connectivity index (χ2n) is 6.08. The number of hydrogen-bond acceptors (Lipinski definition) is 3. The van der Waals surface area contributed by atoms with Crippen molar-refractivity contribution in [3.8, 4) is 0 Å². The number of carbonyl (C=O) groups excluding carboxylic acids is 1. The molecule has 128 valence electrons. The number of nitrogens with one attached hydrogen (secondary N) is 2. The molecule has 0 bridgehead atoms. The first-order valence-corrected chi connectivity index (χ1v) is 9.10. The van der Waals surface area contributed by atoms with Gasteiger partial charge in [0.2, 0.25) is 0 Å². The minimum absolute atomic E-state index is 0.0969. The molecule has 4 nitrogen and oxygen atoms in total. The molecule has 0 atom stereocenters. The van der Waals surface area contributed by atoms with Crippen LogP contribution in [-0.2, 0) is 13.1 Å². The van der Waals surface area contributed by atoms with Crippen LogP contribution in [0.25, 0.3) is 0 Å². The van der Waals surface area contributed by atoms with Crippen molar-refractivity contribution in [2.45, 2.75) is 32.0 Å². The zero-order chi connectivity index (χ0) is 16.8. The van der Waals surface area contributed by atoms with E-state index in [4.69, 9.17) is 0 Å². The van der Waals surface area contributed by atoms with E-state index in [1.807, 2.05) is 29.6 Å². The van der Waals surface area contributed by atoms with E-state index in [9.17, 15) is 9.18 Å². The molecule has 1 aromatic heterocycles. The topological polar surface area (TPSA) is 44.4 Å². The average molecular weight is 347 g/mol. The van der Waals surface area contributed by atoms with Crippen molar-refractivity contribution in [2.24, 2.45) is 0 Å². The SMILES string of the molecule is O=C(NCc1cccs1)NC1CCN(Cc2ccc(F)cc2)CC1. The largest absolute Gasteiger partial charge is 0.335 e. The Balaban J connectivity index is 1.37. The molecule has 6 heteroatoms. The minimum Gasteiger partial charge on any atom is -0.335 e. The zero-order valence-corrected chi connectivity index (χ0v) is 14.3. The average Bonchev–Trinajstić information content (AvgIpc) is 3.10. The van der Waals surface area contributed by atoms with Crippen LogP contribution >= 0.6 is 11.3 Å². The van der Waals surface area contributed by atoms with E-state index in [-0.39, 0.29) is 17.9 Å². The second-order valence-corrected chi connectivity index (χ2v) is 7.12. The lowest BCUT2D eigenvalue weighted by molar-refractivity contribution is 0.186. The van der Waals surface area contributed by atoms with Crippen molar-refractivity contribution >= 4 is 17.4 Å². The van der Waals surface area contributed by atoms with Crippen molar-refractivity contribution in [1.82, 2.24) is 15.5 Å². The predicted molar refractivity (Wildman–Crippen MR) is 94.4 cm³/mol. The molecule has 0 saturated carbocycles. The summed E-state index contributed by atoms with van der Waals surface area (Å²) in [5.41, 5.74) is 1.12. The summed E-state index contributed by atoms with van der Waals surface area (Å²) in [6.07, 6.45) is 1.88. The summed E-state index contributed by atoms with van der Waals surface area (Å²) in [4.78, 5) is 15.4. The van der Waals surface area contributed by atoms with Crippen LogP contribution in [0.5, 0.6) is 0 Å². The molecule has 1 saturated heterocycles. The Hall–Kier alpha value is -1.92. The van der Waals surface area contributed by atoms with Crippen LogP contribution in [0.15, 0.2) is 41.8 Å². The molecule has 24 heavy (non-hydrogen) atoms. The zero-order valence-electron chi connectivity index (χ0n) is 13.5. The number of likely N-dealkylation sites (tertiary alicyclic amines) is 1. The highest BCUT2D eigenvalue weighted by Gasteiger charge is 2.20. The van der Waals surface area contributed by atoms with Crippen LogP contribution in [0, 0.1) is 5.82 Å². The summed E-state index contributed by atoms with van der Waals surface area (Å²) >= 11 is 1.64. The molecule has 1 aliphatic heterocycles. The van der Waals surface area contributed by atoms with Crippen LogP contribution in [0.2, 0.25) is 0 Å². The molecular weight excluding hydrogens is 325 g/mol. The number of benzene rings is 1.